The molecule has 2 aromatic rings. The lowest BCUT2D eigenvalue weighted by Crippen LogP contribution is -2.26. The maximum absolute atomic E-state index is 13.2. The Kier molecular flexibility index (Phi) is 3.60. The van der Waals surface area contributed by atoms with Crippen molar-refractivity contribution in [3.63, 3.8) is 0 Å². The van der Waals surface area contributed by atoms with E-state index >= 15 is 0 Å². The van der Waals surface area contributed by atoms with E-state index in [1.807, 2.05) is 0 Å². The Bertz CT molecular complexity index is 606. The number of halogens is 2. The predicted octanol–water partition coefficient (Wildman–Crippen LogP) is 2.80. The van der Waals surface area contributed by atoms with Crippen molar-refractivity contribution in [1.82, 2.24) is 10.1 Å². The van der Waals surface area contributed by atoms with E-state index in [1.54, 1.807) is 23.9 Å². The second-order valence-corrected chi connectivity index (χ2v) is 6.32. The van der Waals surface area contributed by atoms with Crippen molar-refractivity contribution in [2.24, 2.45) is 5.73 Å². The van der Waals surface area contributed by atoms with Crippen molar-refractivity contribution in [3.05, 3.63) is 34.4 Å². The molecule has 1 aliphatic rings. The van der Waals surface area contributed by atoms with Gasteiger partial charge in [0.2, 0.25) is 11.7 Å². The van der Waals surface area contributed by atoms with E-state index in [9.17, 15) is 4.39 Å². The van der Waals surface area contributed by atoms with Crippen LogP contribution in [0.3, 0.4) is 0 Å². The molecule has 1 aliphatic heterocycles. The number of benzene rings is 1. The first-order valence-electron chi connectivity index (χ1n) is 5.77. The molecular formula is C12H11BrFN3OS. The van der Waals surface area contributed by atoms with E-state index < -0.39 is 0 Å². The molecule has 0 spiro atoms. The van der Waals surface area contributed by atoms with Gasteiger partial charge in [-0.1, -0.05) is 5.16 Å². The summed E-state index contributed by atoms with van der Waals surface area (Å²) >= 11 is 4.93. The largest absolute Gasteiger partial charge is 0.339 e. The fraction of sp³-hybridized carbons (Fsp3) is 0.333. The van der Waals surface area contributed by atoms with Crippen LogP contribution in [0.4, 0.5) is 4.39 Å². The summed E-state index contributed by atoms with van der Waals surface area (Å²) in [7, 11) is 0. The molecule has 4 nitrogen and oxygen atoms in total. The monoisotopic (exact) mass is 343 g/mol. The Morgan fingerprint density at radius 3 is 2.95 bits per heavy atom. The van der Waals surface area contributed by atoms with Crippen molar-refractivity contribution in [2.45, 2.75) is 12.0 Å². The van der Waals surface area contributed by atoms with Crippen LogP contribution in [0.2, 0.25) is 0 Å². The first-order valence-corrected chi connectivity index (χ1v) is 7.72. The van der Waals surface area contributed by atoms with E-state index in [1.165, 1.54) is 6.07 Å². The zero-order chi connectivity index (χ0) is 13.4. The summed E-state index contributed by atoms with van der Waals surface area (Å²) < 4.78 is 18.8. The fourth-order valence-electron chi connectivity index (χ4n) is 1.96. The van der Waals surface area contributed by atoms with Gasteiger partial charge in [0.25, 0.3) is 0 Å². The van der Waals surface area contributed by atoms with Gasteiger partial charge in [0, 0.05) is 23.1 Å². The van der Waals surface area contributed by atoms with E-state index in [0.29, 0.717) is 21.8 Å². The van der Waals surface area contributed by atoms with Crippen LogP contribution in [0, 0.1) is 5.82 Å². The van der Waals surface area contributed by atoms with Crippen LogP contribution in [-0.2, 0) is 0 Å². The van der Waals surface area contributed by atoms with Crippen molar-refractivity contribution in [2.75, 3.05) is 11.5 Å². The molecule has 0 amide bonds. The van der Waals surface area contributed by atoms with Crippen LogP contribution >= 0.6 is 27.7 Å². The summed E-state index contributed by atoms with van der Waals surface area (Å²) in [5.74, 6) is 2.62. The Hall–Kier alpha value is -0.920. The lowest BCUT2D eigenvalue weighted by molar-refractivity contribution is 0.352. The van der Waals surface area contributed by atoms with Gasteiger partial charge in [0.05, 0.1) is 10.4 Å². The third-order valence-electron chi connectivity index (χ3n) is 3.06. The number of nitrogens with two attached hydrogens (primary N) is 1. The number of aromatic nitrogens is 2. The van der Waals surface area contributed by atoms with Crippen molar-refractivity contribution < 1.29 is 8.91 Å². The number of hydrogen-bond donors (Lipinski definition) is 1. The quantitative estimate of drug-likeness (QED) is 0.908. The highest BCUT2D eigenvalue weighted by molar-refractivity contribution is 9.10. The number of rotatable bonds is 2. The first kappa shape index (κ1) is 13.1. The standard InChI is InChI=1S/C12H11BrFN3OS/c13-8-3-6(1-2-9(8)14)11-16-12(18-17-11)7-4-19-5-10(7)15/h1-3,7,10H,4-5,15H2. The summed E-state index contributed by atoms with van der Waals surface area (Å²) in [6, 6.07) is 4.68. The molecule has 0 bridgehead atoms. The highest BCUT2D eigenvalue weighted by Gasteiger charge is 2.31. The van der Waals surface area contributed by atoms with Crippen LogP contribution < -0.4 is 5.73 Å². The molecule has 1 aromatic heterocycles. The predicted molar refractivity (Wildman–Crippen MR) is 75.4 cm³/mol. The van der Waals surface area contributed by atoms with Gasteiger partial charge in [-0.25, -0.2) is 4.39 Å². The number of nitrogens with zero attached hydrogens (tertiary/aromatic N) is 2. The summed E-state index contributed by atoms with van der Waals surface area (Å²) in [6.45, 7) is 0. The normalized spacial score (nSPS) is 22.9. The molecule has 1 saturated heterocycles. The molecule has 2 heterocycles. The fourth-order valence-corrected chi connectivity index (χ4v) is 3.63. The Balaban J connectivity index is 1.90. The molecule has 1 fully saturated rings. The average molecular weight is 344 g/mol. The van der Waals surface area contributed by atoms with Crippen molar-refractivity contribution in [3.8, 4) is 11.4 Å². The summed E-state index contributed by atoms with van der Waals surface area (Å²) in [4.78, 5) is 4.37. The van der Waals surface area contributed by atoms with Crippen LogP contribution in [0.25, 0.3) is 11.4 Å². The minimum atomic E-state index is -0.318. The van der Waals surface area contributed by atoms with Gasteiger partial charge in [-0.2, -0.15) is 16.7 Å². The van der Waals surface area contributed by atoms with E-state index in [4.69, 9.17) is 10.3 Å². The molecule has 0 aliphatic carbocycles. The van der Waals surface area contributed by atoms with Crippen LogP contribution in [0.1, 0.15) is 11.8 Å². The van der Waals surface area contributed by atoms with Crippen LogP contribution in [0.15, 0.2) is 27.2 Å². The van der Waals surface area contributed by atoms with Gasteiger partial charge < -0.3 is 10.3 Å². The van der Waals surface area contributed by atoms with Crippen molar-refractivity contribution in [1.29, 1.82) is 0 Å². The summed E-state index contributed by atoms with van der Waals surface area (Å²) in [5, 5.41) is 3.94. The number of thioether (sulfide) groups is 1. The highest BCUT2D eigenvalue weighted by Crippen LogP contribution is 2.32. The smallest absolute Gasteiger partial charge is 0.232 e. The van der Waals surface area contributed by atoms with Gasteiger partial charge in [0.15, 0.2) is 0 Å². The molecule has 2 atom stereocenters. The first-order chi connectivity index (χ1) is 9.15. The molecule has 3 rings (SSSR count). The minimum Gasteiger partial charge on any atom is -0.339 e. The Morgan fingerprint density at radius 1 is 1.42 bits per heavy atom. The average Bonchev–Trinajstić information content (AvgIpc) is 3.01. The van der Waals surface area contributed by atoms with Gasteiger partial charge in [-0.15, -0.1) is 0 Å². The molecular weight excluding hydrogens is 333 g/mol. The molecule has 0 saturated carbocycles. The van der Waals surface area contributed by atoms with Gasteiger partial charge in [-0.05, 0) is 34.1 Å². The molecule has 100 valence electrons. The zero-order valence-electron chi connectivity index (χ0n) is 9.85. The molecule has 2 N–H and O–H groups in total. The van der Waals surface area contributed by atoms with Crippen LogP contribution in [-0.4, -0.2) is 27.7 Å². The van der Waals surface area contributed by atoms with E-state index in [2.05, 4.69) is 26.1 Å². The van der Waals surface area contributed by atoms with Crippen LogP contribution in [0.5, 0.6) is 0 Å². The maximum atomic E-state index is 13.2. The zero-order valence-corrected chi connectivity index (χ0v) is 12.2. The third kappa shape index (κ3) is 2.54. The maximum Gasteiger partial charge on any atom is 0.232 e. The Labute approximate surface area is 122 Å². The molecule has 19 heavy (non-hydrogen) atoms. The topological polar surface area (TPSA) is 64.9 Å². The molecule has 2 unspecified atom stereocenters. The SMILES string of the molecule is NC1CSCC1c1nc(-c2ccc(F)c(Br)c2)no1. The molecule has 0 radical (unpaired) electrons. The van der Waals surface area contributed by atoms with E-state index in [0.717, 1.165) is 11.5 Å². The van der Waals surface area contributed by atoms with Crippen molar-refractivity contribution >= 4 is 27.7 Å². The van der Waals surface area contributed by atoms with Gasteiger partial charge in [0.1, 0.15) is 5.82 Å². The lowest BCUT2D eigenvalue weighted by Gasteiger charge is -2.07. The number of hydrogen-bond acceptors (Lipinski definition) is 5. The summed E-state index contributed by atoms with van der Waals surface area (Å²) in [6.07, 6.45) is 0. The minimum absolute atomic E-state index is 0.0539. The molecule has 7 heteroatoms. The Morgan fingerprint density at radius 2 is 2.26 bits per heavy atom. The second kappa shape index (κ2) is 5.22. The van der Waals surface area contributed by atoms with Gasteiger partial charge >= 0.3 is 0 Å². The molecule has 1 aromatic carbocycles. The highest BCUT2D eigenvalue weighted by atomic mass is 79.9. The lowest BCUT2D eigenvalue weighted by atomic mass is 10.1. The third-order valence-corrected chi connectivity index (χ3v) is 4.88. The van der Waals surface area contributed by atoms with E-state index in [-0.39, 0.29) is 17.8 Å². The summed E-state index contributed by atoms with van der Waals surface area (Å²) in [5.41, 5.74) is 6.71. The van der Waals surface area contributed by atoms with Gasteiger partial charge in [-0.3, -0.25) is 0 Å². The second-order valence-electron chi connectivity index (χ2n) is 4.39.